The van der Waals surface area contributed by atoms with Gasteiger partial charge in [-0.15, -0.1) is 5.10 Å². The number of hydrogen-bond donors (Lipinski definition) is 5. The van der Waals surface area contributed by atoms with Crippen LogP contribution in [0, 0.1) is 5.92 Å². The van der Waals surface area contributed by atoms with Crippen LogP contribution in [0.5, 0.6) is 0 Å². The fourth-order valence-corrected chi connectivity index (χ4v) is 4.20. The maximum Gasteiger partial charge on any atom is 0.370 e. The number of benzene rings is 1. The lowest BCUT2D eigenvalue weighted by atomic mass is 9.87. The molecule has 0 aliphatic carbocycles. The smallest absolute Gasteiger partial charge is 0.370 e. The Morgan fingerprint density at radius 1 is 1.26 bits per heavy atom. The molecule has 0 fully saturated rings. The van der Waals surface area contributed by atoms with Gasteiger partial charge in [0.15, 0.2) is 0 Å². The van der Waals surface area contributed by atoms with Crippen molar-refractivity contribution >= 4 is 17.6 Å². The maximum absolute atomic E-state index is 12.5. The van der Waals surface area contributed by atoms with E-state index in [0.29, 0.717) is 42.8 Å². The molecule has 0 unspecified atom stereocenters. The van der Waals surface area contributed by atoms with Crippen LogP contribution in [0.3, 0.4) is 0 Å². The summed E-state index contributed by atoms with van der Waals surface area (Å²) in [5, 5.41) is 53.8. The number of hydrogen-bond acceptors (Lipinski definition) is 9. The van der Waals surface area contributed by atoms with E-state index in [-0.39, 0.29) is 5.91 Å². The van der Waals surface area contributed by atoms with Crippen LogP contribution >= 0.6 is 0 Å². The van der Waals surface area contributed by atoms with Gasteiger partial charge in [-0.05, 0) is 30.5 Å². The summed E-state index contributed by atoms with van der Waals surface area (Å²) in [5.41, 5.74) is 9.86. The molecule has 14 heteroatoms. The van der Waals surface area contributed by atoms with Crippen LogP contribution in [0.1, 0.15) is 38.6 Å². The van der Waals surface area contributed by atoms with Gasteiger partial charge >= 0.3 is 5.97 Å². The average Bonchev–Trinajstić information content (AvgIpc) is 3.40. The van der Waals surface area contributed by atoms with Crippen LogP contribution in [-0.2, 0) is 14.3 Å². The van der Waals surface area contributed by atoms with Crippen molar-refractivity contribution in [3.05, 3.63) is 52.7 Å². The maximum atomic E-state index is 12.5. The van der Waals surface area contributed by atoms with Gasteiger partial charge in [-0.25, -0.2) is 9.48 Å². The SMILES string of the molecule is C[C@H]1[C@H]([C@H](O)[C@H](O)CO)OC(C(=O)O)=C[C@@H]1n1cc(-c2ccccc2NC(=O)CCCCCN=[N+]=[N-])nn1. The van der Waals surface area contributed by atoms with Crippen molar-refractivity contribution in [3.8, 4) is 11.3 Å². The predicted molar refractivity (Wildman–Crippen MR) is 134 cm³/mol. The molecule has 0 saturated heterocycles. The normalized spacial score (nSPS) is 20.4. The number of aliphatic hydroxyl groups is 3. The highest BCUT2D eigenvalue weighted by molar-refractivity contribution is 5.94. The minimum absolute atomic E-state index is 0.181. The van der Waals surface area contributed by atoms with E-state index < -0.39 is 48.6 Å². The van der Waals surface area contributed by atoms with Gasteiger partial charge in [-0.1, -0.05) is 41.9 Å². The molecule has 1 aromatic carbocycles. The first-order valence-corrected chi connectivity index (χ1v) is 12.2. The number of aliphatic carboxylic acids is 1. The number of allylic oxidation sites excluding steroid dienone is 1. The summed E-state index contributed by atoms with van der Waals surface area (Å²) < 4.78 is 6.85. The van der Waals surface area contributed by atoms with Gasteiger partial charge in [-0.2, -0.15) is 0 Å². The molecule has 0 bridgehead atoms. The molecule has 0 spiro atoms. The van der Waals surface area contributed by atoms with Crippen molar-refractivity contribution in [1.29, 1.82) is 0 Å². The van der Waals surface area contributed by atoms with Crippen molar-refractivity contribution in [3.63, 3.8) is 0 Å². The third-order valence-corrected chi connectivity index (χ3v) is 6.29. The van der Waals surface area contributed by atoms with Gasteiger partial charge in [0.05, 0.1) is 24.5 Å². The first-order chi connectivity index (χ1) is 18.3. The molecule has 3 rings (SSSR count). The number of ether oxygens (including phenoxy) is 1. The van der Waals surface area contributed by atoms with Gasteiger partial charge in [0.1, 0.15) is 24.0 Å². The molecule has 1 amide bonds. The summed E-state index contributed by atoms with van der Waals surface area (Å²) in [6.07, 6.45) is 1.13. The summed E-state index contributed by atoms with van der Waals surface area (Å²) in [7, 11) is 0. The van der Waals surface area contributed by atoms with E-state index in [2.05, 4.69) is 25.7 Å². The molecule has 38 heavy (non-hydrogen) atoms. The van der Waals surface area contributed by atoms with Crippen LogP contribution in [0.25, 0.3) is 21.7 Å². The number of carboxylic acids is 1. The number of para-hydroxylation sites is 1. The molecule has 0 saturated carbocycles. The minimum atomic E-state index is -1.54. The Hall–Kier alpha value is -3.97. The third kappa shape index (κ3) is 7.07. The number of nitrogens with one attached hydrogen (secondary N) is 1. The van der Waals surface area contributed by atoms with Crippen LogP contribution in [0.4, 0.5) is 5.69 Å². The number of aromatic nitrogens is 3. The summed E-state index contributed by atoms with van der Waals surface area (Å²) in [5.74, 6) is -2.52. The van der Waals surface area contributed by atoms with E-state index in [1.807, 2.05) is 0 Å². The molecular weight excluding hydrogens is 498 g/mol. The summed E-state index contributed by atoms with van der Waals surface area (Å²) in [4.78, 5) is 26.9. The summed E-state index contributed by atoms with van der Waals surface area (Å²) in [6.45, 7) is 1.36. The Bertz CT molecular complexity index is 1190. The lowest BCUT2D eigenvalue weighted by molar-refractivity contribution is -0.148. The minimum Gasteiger partial charge on any atom is -0.480 e. The number of unbranched alkanes of at least 4 members (excludes halogenated alkanes) is 2. The van der Waals surface area contributed by atoms with Crippen molar-refractivity contribution in [1.82, 2.24) is 15.0 Å². The van der Waals surface area contributed by atoms with Crippen LogP contribution in [0.2, 0.25) is 0 Å². The monoisotopic (exact) mass is 529 g/mol. The molecule has 2 aromatic rings. The van der Waals surface area contributed by atoms with Crippen LogP contribution < -0.4 is 5.32 Å². The Morgan fingerprint density at radius 3 is 2.74 bits per heavy atom. The topological polar surface area (TPSA) is 216 Å². The first-order valence-electron chi connectivity index (χ1n) is 12.2. The molecule has 1 aliphatic heterocycles. The quantitative estimate of drug-likeness (QED) is 0.111. The van der Waals surface area contributed by atoms with Crippen LogP contribution in [0.15, 0.2) is 47.4 Å². The highest BCUT2D eigenvalue weighted by Gasteiger charge is 2.41. The fraction of sp³-hybridized carbons (Fsp3) is 0.500. The standard InChI is InChI=1S/C24H31N7O7/c1-14-18(11-20(24(36)37)38-23(14)22(35)19(33)13-32)31-12-17(28-30-31)15-7-4-5-8-16(15)27-21(34)9-3-2-6-10-26-29-25/h4-5,7-8,11-12,14,18-19,22-23,32-33,35H,2-3,6,9-10,13H2,1H3,(H,27,34)(H,36,37)/t14-,18+,19-,22-,23-/m1/s1. The van der Waals surface area contributed by atoms with Gasteiger partial charge < -0.3 is 30.5 Å². The second-order valence-corrected chi connectivity index (χ2v) is 8.95. The zero-order valence-electron chi connectivity index (χ0n) is 20.8. The number of aliphatic hydroxyl groups excluding tert-OH is 3. The Labute approximate surface area is 218 Å². The number of nitrogens with zero attached hydrogens (tertiary/aromatic N) is 6. The third-order valence-electron chi connectivity index (χ3n) is 6.29. The van der Waals surface area contributed by atoms with Gasteiger partial charge in [-0.3, -0.25) is 4.79 Å². The molecule has 1 aromatic heterocycles. The number of carboxylic acid groups (broad SMARTS) is 1. The zero-order valence-corrected chi connectivity index (χ0v) is 20.8. The number of azide groups is 1. The lowest BCUT2D eigenvalue weighted by Crippen LogP contribution is -2.48. The van der Waals surface area contributed by atoms with E-state index in [1.165, 1.54) is 10.8 Å². The van der Waals surface area contributed by atoms with E-state index in [9.17, 15) is 30.0 Å². The fourth-order valence-electron chi connectivity index (χ4n) is 4.20. The molecule has 1 aliphatic rings. The van der Waals surface area contributed by atoms with Crippen molar-refractivity contribution in [2.75, 3.05) is 18.5 Å². The Morgan fingerprint density at radius 2 is 2.03 bits per heavy atom. The van der Waals surface area contributed by atoms with Gasteiger partial charge in [0, 0.05) is 29.4 Å². The largest absolute Gasteiger partial charge is 0.480 e. The van der Waals surface area contributed by atoms with Crippen molar-refractivity contribution in [2.45, 2.75) is 57.0 Å². The van der Waals surface area contributed by atoms with E-state index in [4.69, 9.17) is 10.3 Å². The van der Waals surface area contributed by atoms with E-state index in [0.717, 1.165) is 6.42 Å². The summed E-state index contributed by atoms with van der Waals surface area (Å²) >= 11 is 0. The van der Waals surface area contributed by atoms with Crippen LogP contribution in [-0.4, -0.2) is 78.8 Å². The van der Waals surface area contributed by atoms with Gasteiger partial charge in [0.2, 0.25) is 11.7 Å². The number of anilines is 1. The molecular formula is C24H31N7O7. The molecule has 2 heterocycles. The Kier molecular flexibility index (Phi) is 10.2. The number of carbonyl (C=O) groups is 2. The zero-order chi connectivity index (χ0) is 27.7. The molecule has 5 atom stereocenters. The van der Waals surface area contributed by atoms with E-state index in [1.54, 1.807) is 37.4 Å². The first kappa shape index (κ1) is 28.6. The molecule has 5 N–H and O–H groups in total. The second-order valence-electron chi connectivity index (χ2n) is 8.95. The van der Waals surface area contributed by atoms with Gasteiger partial charge in [0.25, 0.3) is 0 Å². The molecule has 14 nitrogen and oxygen atoms in total. The highest BCUT2D eigenvalue weighted by Crippen LogP contribution is 2.35. The predicted octanol–water partition coefficient (Wildman–Crippen LogP) is 2.01. The summed E-state index contributed by atoms with van der Waals surface area (Å²) in [6, 6.07) is 6.34. The van der Waals surface area contributed by atoms with Crippen molar-refractivity contribution < 1.29 is 34.8 Å². The molecule has 204 valence electrons. The highest BCUT2D eigenvalue weighted by atomic mass is 16.5. The molecule has 0 radical (unpaired) electrons. The number of carbonyl (C=O) groups excluding carboxylic acids is 1. The number of rotatable bonds is 13. The average molecular weight is 530 g/mol. The lowest BCUT2D eigenvalue weighted by Gasteiger charge is -2.37. The van der Waals surface area contributed by atoms with E-state index >= 15 is 0 Å². The number of amides is 1. The van der Waals surface area contributed by atoms with Crippen molar-refractivity contribution in [2.24, 2.45) is 11.0 Å². The Balaban J connectivity index is 1.78. The second kappa shape index (κ2) is 13.5.